The molecule has 3 heteroatoms. The lowest BCUT2D eigenvalue weighted by Crippen LogP contribution is -2.54. The highest BCUT2D eigenvalue weighted by molar-refractivity contribution is 5.85. The van der Waals surface area contributed by atoms with Crippen LogP contribution in [0.2, 0.25) is 0 Å². The first-order chi connectivity index (χ1) is 11.4. The van der Waals surface area contributed by atoms with E-state index < -0.39 is 0 Å². The van der Waals surface area contributed by atoms with Gasteiger partial charge in [-0.1, -0.05) is 31.1 Å². The van der Waals surface area contributed by atoms with Crippen molar-refractivity contribution in [2.45, 2.75) is 64.9 Å². The quantitative estimate of drug-likeness (QED) is 0.542. The van der Waals surface area contributed by atoms with Gasteiger partial charge in [-0.05, 0) is 61.2 Å². The molecule has 0 bridgehead atoms. The second-order valence-corrected chi connectivity index (χ2v) is 8.90. The number of rotatable bonds is 0. The van der Waals surface area contributed by atoms with Gasteiger partial charge in [0.1, 0.15) is 5.78 Å². The molecule has 0 aliphatic heterocycles. The van der Waals surface area contributed by atoms with Crippen LogP contribution in [-0.4, -0.2) is 17.0 Å². The van der Waals surface area contributed by atoms with Gasteiger partial charge >= 0.3 is 0 Å². The lowest BCUT2D eigenvalue weighted by molar-refractivity contribution is -0.142. The van der Waals surface area contributed by atoms with Crippen molar-refractivity contribution in [3.8, 4) is 6.07 Å². The van der Waals surface area contributed by atoms with Crippen molar-refractivity contribution < 1.29 is 9.90 Å². The monoisotopic (exact) mass is 325 g/mol. The van der Waals surface area contributed by atoms with Gasteiger partial charge in [0.05, 0.1) is 12.2 Å². The molecule has 0 heterocycles. The molecule has 3 saturated carbocycles. The van der Waals surface area contributed by atoms with E-state index >= 15 is 0 Å². The smallest absolute Gasteiger partial charge is 0.138 e. The minimum Gasteiger partial charge on any atom is -0.389 e. The molecule has 0 saturated heterocycles. The van der Waals surface area contributed by atoms with E-state index in [4.69, 9.17) is 5.26 Å². The molecule has 6 atom stereocenters. The number of allylic oxidation sites excluding steroid dienone is 3. The summed E-state index contributed by atoms with van der Waals surface area (Å²) in [4.78, 5) is 13.3. The van der Waals surface area contributed by atoms with E-state index in [2.05, 4.69) is 19.9 Å². The van der Waals surface area contributed by atoms with Crippen LogP contribution >= 0.6 is 0 Å². The molecule has 0 radical (unpaired) electrons. The summed E-state index contributed by atoms with van der Waals surface area (Å²) in [6, 6.07) is 2.20. The Labute approximate surface area is 144 Å². The third-order valence-corrected chi connectivity index (χ3v) is 7.87. The summed E-state index contributed by atoms with van der Waals surface area (Å²) in [6.45, 7) is 4.49. The highest BCUT2D eigenvalue weighted by atomic mass is 16.3. The Hall–Kier alpha value is -1.40. The highest BCUT2D eigenvalue weighted by Crippen LogP contribution is 2.65. The zero-order chi connectivity index (χ0) is 17.1. The summed E-state index contributed by atoms with van der Waals surface area (Å²) < 4.78 is 0. The second-order valence-electron chi connectivity index (χ2n) is 8.90. The summed E-state index contributed by atoms with van der Waals surface area (Å²) in [7, 11) is 0. The summed E-state index contributed by atoms with van der Waals surface area (Å²) in [5, 5.41) is 19.1. The number of nitrogens with zero attached hydrogens (tertiary/aromatic N) is 1. The van der Waals surface area contributed by atoms with Crippen LogP contribution in [-0.2, 0) is 4.79 Å². The zero-order valence-corrected chi connectivity index (χ0v) is 14.7. The maximum atomic E-state index is 13.3. The molecule has 0 aromatic carbocycles. The molecule has 0 spiro atoms. The predicted octanol–water partition coefficient (Wildman–Crippen LogP) is 3.94. The van der Waals surface area contributed by atoms with Crippen LogP contribution in [0.4, 0.5) is 0 Å². The number of fused-ring (bicyclic) bond motifs is 5. The molecule has 3 nitrogen and oxygen atoms in total. The lowest BCUT2D eigenvalue weighted by Gasteiger charge is -2.56. The van der Waals surface area contributed by atoms with E-state index in [9.17, 15) is 9.90 Å². The van der Waals surface area contributed by atoms with Crippen LogP contribution in [0.25, 0.3) is 0 Å². The maximum absolute atomic E-state index is 13.3. The van der Waals surface area contributed by atoms with Crippen molar-refractivity contribution in [2.24, 2.45) is 28.6 Å². The molecule has 0 amide bonds. The van der Waals surface area contributed by atoms with Crippen molar-refractivity contribution in [2.75, 3.05) is 0 Å². The molecule has 128 valence electrons. The molecule has 3 fully saturated rings. The summed E-state index contributed by atoms with van der Waals surface area (Å²) in [5.41, 5.74) is 2.37. The van der Waals surface area contributed by atoms with Crippen LogP contribution in [0.1, 0.15) is 58.8 Å². The largest absolute Gasteiger partial charge is 0.389 e. The van der Waals surface area contributed by atoms with Gasteiger partial charge in [0.15, 0.2) is 0 Å². The fraction of sp³-hybridized carbons (Fsp3) is 0.714. The number of hydrogen-bond acceptors (Lipinski definition) is 3. The topological polar surface area (TPSA) is 61.1 Å². The first kappa shape index (κ1) is 16.1. The number of Topliss-reactive ketones (excluding diaryl/α,β-unsaturated/α-hetero) is 1. The molecule has 24 heavy (non-hydrogen) atoms. The number of ketones is 1. The molecule has 4 rings (SSSR count). The first-order valence-corrected chi connectivity index (χ1v) is 9.41. The molecule has 1 N–H and O–H groups in total. The van der Waals surface area contributed by atoms with Gasteiger partial charge in [0.2, 0.25) is 0 Å². The van der Waals surface area contributed by atoms with Crippen molar-refractivity contribution in [3.63, 3.8) is 0 Å². The normalized spacial score (nSPS) is 49.0. The molecule has 4 aliphatic carbocycles. The molecule has 0 aromatic rings. The highest BCUT2D eigenvalue weighted by Gasteiger charge is 2.60. The number of carbonyl (C=O) groups is 1. The fourth-order valence-electron chi connectivity index (χ4n) is 6.70. The van der Waals surface area contributed by atoms with Gasteiger partial charge in [0.25, 0.3) is 0 Å². The number of nitriles is 1. The predicted molar refractivity (Wildman–Crippen MR) is 91.8 cm³/mol. The minimum atomic E-state index is -0.328. The van der Waals surface area contributed by atoms with E-state index in [-0.39, 0.29) is 22.9 Å². The maximum Gasteiger partial charge on any atom is 0.138 e. The van der Waals surface area contributed by atoms with Crippen LogP contribution in [0.5, 0.6) is 0 Å². The van der Waals surface area contributed by atoms with Crippen LogP contribution in [0.3, 0.4) is 0 Å². The van der Waals surface area contributed by atoms with Gasteiger partial charge in [-0.25, -0.2) is 0 Å². The Bertz CT molecular complexity index is 684. The van der Waals surface area contributed by atoms with Gasteiger partial charge < -0.3 is 5.11 Å². The molecular formula is C21H27NO2. The molecular weight excluding hydrogens is 298 g/mol. The average molecular weight is 325 g/mol. The van der Waals surface area contributed by atoms with Crippen molar-refractivity contribution in [1.82, 2.24) is 0 Å². The summed E-state index contributed by atoms with van der Waals surface area (Å²) in [5.74, 6) is 1.49. The number of hydrogen-bond donors (Lipinski definition) is 1. The van der Waals surface area contributed by atoms with Crippen molar-refractivity contribution in [1.29, 1.82) is 5.26 Å². The van der Waals surface area contributed by atoms with Crippen LogP contribution in [0.15, 0.2) is 23.3 Å². The third kappa shape index (κ3) is 2.02. The molecule has 0 unspecified atom stereocenters. The van der Waals surface area contributed by atoms with Crippen LogP contribution < -0.4 is 0 Å². The van der Waals surface area contributed by atoms with Gasteiger partial charge in [-0.3, -0.25) is 4.79 Å². The van der Waals surface area contributed by atoms with E-state index in [0.717, 1.165) is 38.5 Å². The fourth-order valence-corrected chi connectivity index (χ4v) is 6.70. The van der Waals surface area contributed by atoms with Gasteiger partial charge in [-0.2, -0.15) is 5.26 Å². The Balaban J connectivity index is 1.74. The van der Waals surface area contributed by atoms with E-state index in [1.807, 2.05) is 6.08 Å². The SMILES string of the molecule is C[C@]12CC[C@H](O)C=C1CC[C@@H]1[C@@H]2C(=O)C[C@]2(C)/C(=C\C#N)CC[C@@H]12. The Kier molecular flexibility index (Phi) is 3.55. The zero-order valence-electron chi connectivity index (χ0n) is 14.7. The van der Waals surface area contributed by atoms with Gasteiger partial charge in [0, 0.05) is 18.4 Å². The Morgan fingerprint density at radius 2 is 2.04 bits per heavy atom. The third-order valence-electron chi connectivity index (χ3n) is 7.87. The lowest BCUT2D eigenvalue weighted by atomic mass is 9.47. The molecule has 4 aliphatic rings. The van der Waals surface area contributed by atoms with Gasteiger partial charge in [-0.15, -0.1) is 0 Å². The Morgan fingerprint density at radius 1 is 1.25 bits per heavy atom. The number of aliphatic hydroxyl groups excluding tert-OH is 1. The number of aliphatic hydroxyl groups is 1. The van der Waals surface area contributed by atoms with E-state index in [1.165, 1.54) is 11.1 Å². The average Bonchev–Trinajstić information content (AvgIpc) is 2.84. The van der Waals surface area contributed by atoms with Crippen molar-refractivity contribution >= 4 is 5.78 Å². The standard InChI is InChI=1S/C21H27NO2/c1-20-9-7-15(23)11-14(20)3-5-16-17-6-4-13(8-10-22)21(17,2)12-18(24)19(16)20/h8,11,15-17,19,23H,3-7,9,12H2,1-2H3/b13-8-/t15-,16-,17-,19+,20-,21+/m0/s1. The number of carbonyl (C=O) groups excluding carboxylic acids is 1. The van der Waals surface area contributed by atoms with E-state index in [0.29, 0.717) is 24.0 Å². The molecule has 0 aromatic heterocycles. The van der Waals surface area contributed by atoms with Crippen LogP contribution in [0, 0.1) is 39.9 Å². The summed E-state index contributed by atoms with van der Waals surface area (Å²) in [6.07, 6.45) is 9.89. The summed E-state index contributed by atoms with van der Waals surface area (Å²) >= 11 is 0. The van der Waals surface area contributed by atoms with E-state index in [1.54, 1.807) is 6.08 Å². The minimum absolute atomic E-state index is 0.0533. The van der Waals surface area contributed by atoms with Crippen molar-refractivity contribution in [3.05, 3.63) is 23.3 Å². The second kappa shape index (κ2) is 5.30. The first-order valence-electron chi connectivity index (χ1n) is 9.41. The Morgan fingerprint density at radius 3 is 2.79 bits per heavy atom.